The van der Waals surface area contributed by atoms with Crippen molar-refractivity contribution in [3.63, 3.8) is 0 Å². The van der Waals surface area contributed by atoms with E-state index in [0.29, 0.717) is 11.3 Å². The second-order valence-corrected chi connectivity index (χ2v) is 3.48. The van der Waals surface area contributed by atoms with Gasteiger partial charge in [-0.15, -0.1) is 6.42 Å². The Hall–Kier alpha value is -1.99. The minimum atomic E-state index is -0.639. The van der Waals surface area contributed by atoms with Crippen molar-refractivity contribution in [2.45, 2.75) is 13.0 Å². The first kappa shape index (κ1) is 13.1. The van der Waals surface area contributed by atoms with Crippen LogP contribution in [0.3, 0.4) is 0 Å². The molecule has 1 amide bonds. The molecule has 1 aromatic rings. The smallest absolute Gasteiger partial charge is 0.258 e. The highest BCUT2D eigenvalue weighted by Gasteiger charge is 2.09. The van der Waals surface area contributed by atoms with E-state index in [1.54, 1.807) is 31.2 Å². The topological polar surface area (TPSA) is 58.6 Å². The molecule has 0 aliphatic rings. The van der Waals surface area contributed by atoms with E-state index < -0.39 is 6.10 Å². The van der Waals surface area contributed by atoms with Crippen LogP contribution in [0.25, 0.3) is 0 Å². The van der Waals surface area contributed by atoms with Crippen molar-refractivity contribution < 1.29 is 14.6 Å². The van der Waals surface area contributed by atoms with Crippen molar-refractivity contribution >= 4 is 5.91 Å². The lowest BCUT2D eigenvalue weighted by molar-refractivity contribution is -0.122. The molecule has 0 spiro atoms. The minimum Gasteiger partial charge on any atom is -0.483 e. The average molecular weight is 233 g/mol. The molecule has 1 aromatic carbocycles. The maximum absolute atomic E-state index is 11.3. The molecule has 1 rings (SSSR count). The fourth-order valence-corrected chi connectivity index (χ4v) is 1.30. The molecule has 1 atom stereocenters. The molecule has 4 nitrogen and oxygen atoms in total. The van der Waals surface area contributed by atoms with E-state index in [2.05, 4.69) is 11.2 Å². The van der Waals surface area contributed by atoms with Gasteiger partial charge in [0, 0.05) is 5.56 Å². The summed E-state index contributed by atoms with van der Waals surface area (Å²) in [5, 5.41) is 12.0. The Morgan fingerprint density at radius 1 is 1.59 bits per heavy atom. The molecule has 0 aliphatic heterocycles. The zero-order valence-electron chi connectivity index (χ0n) is 9.64. The van der Waals surface area contributed by atoms with Gasteiger partial charge in [0.05, 0.1) is 12.6 Å². The lowest BCUT2D eigenvalue weighted by Crippen LogP contribution is -2.29. The molecule has 17 heavy (non-hydrogen) atoms. The SMILES string of the molecule is C#CCNC(=O)COc1ccccc1[C@@H](C)O. The quantitative estimate of drug-likeness (QED) is 0.742. The summed E-state index contributed by atoms with van der Waals surface area (Å²) in [5.41, 5.74) is 0.650. The molecular formula is C13H15NO3. The summed E-state index contributed by atoms with van der Waals surface area (Å²) < 4.78 is 5.32. The number of aliphatic hydroxyl groups is 1. The van der Waals surface area contributed by atoms with Gasteiger partial charge in [-0.05, 0) is 13.0 Å². The Kier molecular flexibility index (Phi) is 5.05. The molecule has 0 unspecified atom stereocenters. The summed E-state index contributed by atoms with van der Waals surface area (Å²) in [5.74, 6) is 2.51. The molecule has 0 bridgehead atoms. The molecule has 0 saturated carbocycles. The van der Waals surface area contributed by atoms with Crippen LogP contribution in [-0.2, 0) is 4.79 Å². The second-order valence-electron chi connectivity index (χ2n) is 3.48. The maximum atomic E-state index is 11.3. The van der Waals surface area contributed by atoms with Crippen LogP contribution in [-0.4, -0.2) is 24.2 Å². The third-order valence-electron chi connectivity index (χ3n) is 2.12. The Bertz CT molecular complexity index is 421. The van der Waals surface area contributed by atoms with E-state index in [0.717, 1.165) is 0 Å². The van der Waals surface area contributed by atoms with Crippen molar-refractivity contribution in [1.82, 2.24) is 5.32 Å². The first-order valence-corrected chi connectivity index (χ1v) is 5.25. The predicted octanol–water partition coefficient (Wildman–Crippen LogP) is 0.868. The predicted molar refractivity (Wildman–Crippen MR) is 64.4 cm³/mol. The van der Waals surface area contributed by atoms with Crippen molar-refractivity contribution in [3.05, 3.63) is 29.8 Å². The van der Waals surface area contributed by atoms with Gasteiger partial charge >= 0.3 is 0 Å². The maximum Gasteiger partial charge on any atom is 0.258 e. The highest BCUT2D eigenvalue weighted by molar-refractivity contribution is 5.77. The first-order chi connectivity index (χ1) is 8.15. The monoisotopic (exact) mass is 233 g/mol. The largest absolute Gasteiger partial charge is 0.483 e. The van der Waals surface area contributed by atoms with Gasteiger partial charge in [-0.2, -0.15) is 0 Å². The normalized spacial score (nSPS) is 11.4. The molecule has 2 N–H and O–H groups in total. The third kappa shape index (κ3) is 4.17. The summed E-state index contributed by atoms with van der Waals surface area (Å²) in [6.07, 6.45) is 4.37. The van der Waals surface area contributed by atoms with Crippen molar-refractivity contribution in [1.29, 1.82) is 0 Å². The van der Waals surface area contributed by atoms with Gasteiger partial charge in [-0.3, -0.25) is 4.79 Å². The van der Waals surface area contributed by atoms with Crippen LogP contribution in [0, 0.1) is 12.3 Å². The van der Waals surface area contributed by atoms with Gasteiger partial charge in [0.15, 0.2) is 6.61 Å². The molecule has 0 heterocycles. The first-order valence-electron chi connectivity index (χ1n) is 5.25. The summed E-state index contributed by atoms with van der Waals surface area (Å²) in [6.45, 7) is 1.70. The summed E-state index contributed by atoms with van der Waals surface area (Å²) in [4.78, 5) is 11.3. The fraction of sp³-hybridized carbons (Fsp3) is 0.308. The minimum absolute atomic E-state index is 0.120. The van der Waals surface area contributed by atoms with Crippen molar-refractivity contribution in [3.8, 4) is 18.1 Å². The van der Waals surface area contributed by atoms with E-state index in [1.807, 2.05) is 0 Å². The molecule has 4 heteroatoms. The zero-order valence-corrected chi connectivity index (χ0v) is 9.64. The van der Waals surface area contributed by atoms with E-state index in [4.69, 9.17) is 11.2 Å². The molecule has 0 saturated heterocycles. The van der Waals surface area contributed by atoms with Crippen LogP contribution in [0.15, 0.2) is 24.3 Å². The number of amides is 1. The molecular weight excluding hydrogens is 218 g/mol. The molecule has 0 aliphatic carbocycles. The van der Waals surface area contributed by atoms with Gasteiger partial charge < -0.3 is 15.2 Å². The van der Waals surface area contributed by atoms with Crippen LogP contribution < -0.4 is 10.1 Å². The van der Waals surface area contributed by atoms with Crippen LogP contribution in [0.4, 0.5) is 0 Å². The Labute approximate surface area is 101 Å². The van der Waals surface area contributed by atoms with Gasteiger partial charge in [0.1, 0.15) is 5.75 Å². The Morgan fingerprint density at radius 2 is 2.29 bits per heavy atom. The van der Waals surface area contributed by atoms with Crippen LogP contribution in [0.2, 0.25) is 0 Å². The van der Waals surface area contributed by atoms with E-state index >= 15 is 0 Å². The Balaban J connectivity index is 2.57. The van der Waals surface area contributed by atoms with Crippen molar-refractivity contribution in [2.24, 2.45) is 0 Å². The third-order valence-corrected chi connectivity index (χ3v) is 2.12. The number of carbonyl (C=O) groups excluding carboxylic acids is 1. The van der Waals surface area contributed by atoms with E-state index in [1.165, 1.54) is 0 Å². The number of para-hydroxylation sites is 1. The van der Waals surface area contributed by atoms with Crippen LogP contribution in [0.1, 0.15) is 18.6 Å². The standard InChI is InChI=1S/C13H15NO3/c1-3-8-14-13(16)9-17-12-7-5-4-6-11(12)10(2)15/h1,4-7,10,15H,8-9H2,2H3,(H,14,16)/t10-/m1/s1. The average Bonchev–Trinajstić information content (AvgIpc) is 2.34. The number of aliphatic hydroxyl groups excluding tert-OH is 1. The number of nitrogens with one attached hydrogen (secondary N) is 1. The molecule has 0 fully saturated rings. The van der Waals surface area contributed by atoms with E-state index in [9.17, 15) is 9.90 Å². The zero-order chi connectivity index (χ0) is 12.7. The number of terminal acetylenes is 1. The Morgan fingerprint density at radius 3 is 2.94 bits per heavy atom. The molecule has 0 aromatic heterocycles. The number of hydrogen-bond acceptors (Lipinski definition) is 3. The number of ether oxygens (including phenoxy) is 1. The highest BCUT2D eigenvalue weighted by Crippen LogP contribution is 2.24. The van der Waals surface area contributed by atoms with Crippen LogP contribution in [0.5, 0.6) is 5.75 Å². The number of carbonyl (C=O) groups is 1. The van der Waals surface area contributed by atoms with Crippen molar-refractivity contribution in [2.75, 3.05) is 13.2 Å². The van der Waals surface area contributed by atoms with Gasteiger partial charge in [-0.25, -0.2) is 0 Å². The lowest BCUT2D eigenvalue weighted by Gasteiger charge is -2.12. The summed E-state index contributed by atoms with van der Waals surface area (Å²) in [7, 11) is 0. The van der Waals surface area contributed by atoms with Gasteiger partial charge in [0.25, 0.3) is 5.91 Å². The second kappa shape index (κ2) is 6.56. The molecule has 0 radical (unpaired) electrons. The number of benzene rings is 1. The van der Waals surface area contributed by atoms with Gasteiger partial charge in [-0.1, -0.05) is 24.1 Å². The van der Waals surface area contributed by atoms with Gasteiger partial charge in [0.2, 0.25) is 0 Å². The number of rotatable bonds is 5. The summed E-state index contributed by atoms with van der Waals surface area (Å²) in [6, 6.07) is 7.03. The highest BCUT2D eigenvalue weighted by atomic mass is 16.5. The van der Waals surface area contributed by atoms with Crippen LogP contribution >= 0.6 is 0 Å². The van der Waals surface area contributed by atoms with E-state index in [-0.39, 0.29) is 19.1 Å². The lowest BCUT2D eigenvalue weighted by atomic mass is 10.1. The summed E-state index contributed by atoms with van der Waals surface area (Å²) >= 11 is 0. The fourth-order valence-electron chi connectivity index (χ4n) is 1.30. The number of hydrogen-bond donors (Lipinski definition) is 2. The molecule has 90 valence electrons.